The van der Waals surface area contributed by atoms with Gasteiger partial charge >= 0.3 is 0 Å². The molecule has 2 aromatic rings. The van der Waals surface area contributed by atoms with Crippen molar-refractivity contribution in [2.45, 2.75) is 51.5 Å². The van der Waals surface area contributed by atoms with Gasteiger partial charge in [0.05, 0.1) is 0 Å². The summed E-state index contributed by atoms with van der Waals surface area (Å²) < 4.78 is 0. The van der Waals surface area contributed by atoms with Gasteiger partial charge in [-0.3, -0.25) is 0 Å². The summed E-state index contributed by atoms with van der Waals surface area (Å²) in [6.45, 7) is 2.24. The van der Waals surface area contributed by atoms with Gasteiger partial charge in [-0.15, -0.1) is 0 Å². The molecule has 112 valence electrons. The molecular weight excluding hydrogens is 254 g/mol. The second-order valence-corrected chi connectivity index (χ2v) is 5.86. The van der Waals surface area contributed by atoms with E-state index in [1.165, 1.54) is 42.4 Å². The highest BCUT2D eigenvalue weighted by molar-refractivity contribution is 5.29. The first-order valence-electron chi connectivity index (χ1n) is 8.18. The third kappa shape index (κ3) is 5.35. The number of unbranched alkanes of at least 4 members (excludes halogenated alkanes) is 3. The van der Waals surface area contributed by atoms with Crippen LogP contribution < -0.4 is 5.73 Å². The fourth-order valence-corrected chi connectivity index (χ4v) is 2.67. The van der Waals surface area contributed by atoms with Crippen LogP contribution in [0.25, 0.3) is 0 Å². The van der Waals surface area contributed by atoms with E-state index in [4.69, 9.17) is 5.73 Å². The number of benzene rings is 2. The highest BCUT2D eigenvalue weighted by atomic mass is 14.6. The summed E-state index contributed by atoms with van der Waals surface area (Å²) >= 11 is 0. The number of rotatable bonds is 8. The lowest BCUT2D eigenvalue weighted by Gasteiger charge is -2.12. The molecule has 0 aromatic heterocycles. The zero-order valence-electron chi connectivity index (χ0n) is 13.1. The molecule has 2 rings (SSSR count). The normalized spacial score (nSPS) is 12.3. The maximum absolute atomic E-state index is 6.28. The Bertz CT molecular complexity index is 501. The van der Waals surface area contributed by atoms with Crippen LogP contribution in [-0.2, 0) is 6.42 Å². The molecule has 2 aromatic carbocycles. The van der Waals surface area contributed by atoms with Crippen molar-refractivity contribution in [1.29, 1.82) is 0 Å². The molecule has 0 saturated carbocycles. The standard InChI is InChI=1S/C20H27N/c1-2-3-4-8-11-20(21)19-14-12-18(13-15-19)16-17-9-6-5-7-10-17/h5-7,9-10,12-15,20H,2-4,8,11,16,21H2,1H3. The Balaban J connectivity index is 1.86. The molecule has 0 bridgehead atoms. The smallest absolute Gasteiger partial charge is 0.0294 e. The molecule has 2 N–H and O–H groups in total. The van der Waals surface area contributed by atoms with E-state index in [0.29, 0.717) is 0 Å². The number of hydrogen-bond acceptors (Lipinski definition) is 1. The molecule has 21 heavy (non-hydrogen) atoms. The van der Waals surface area contributed by atoms with Crippen molar-refractivity contribution in [1.82, 2.24) is 0 Å². The van der Waals surface area contributed by atoms with Gasteiger partial charge in [-0.1, -0.05) is 87.2 Å². The molecule has 1 atom stereocenters. The van der Waals surface area contributed by atoms with Crippen molar-refractivity contribution in [3.63, 3.8) is 0 Å². The fraction of sp³-hybridized carbons (Fsp3) is 0.400. The van der Waals surface area contributed by atoms with Crippen LogP contribution >= 0.6 is 0 Å². The van der Waals surface area contributed by atoms with Gasteiger partial charge < -0.3 is 5.73 Å². The minimum Gasteiger partial charge on any atom is -0.324 e. The van der Waals surface area contributed by atoms with Gasteiger partial charge in [0.1, 0.15) is 0 Å². The molecule has 0 aliphatic heterocycles. The third-order valence-corrected chi connectivity index (χ3v) is 4.03. The lowest BCUT2D eigenvalue weighted by Crippen LogP contribution is -2.10. The van der Waals surface area contributed by atoms with E-state index in [1.807, 2.05) is 0 Å². The van der Waals surface area contributed by atoms with Crippen molar-refractivity contribution in [2.24, 2.45) is 5.73 Å². The van der Waals surface area contributed by atoms with Crippen LogP contribution in [0.2, 0.25) is 0 Å². The molecule has 0 aliphatic carbocycles. The van der Waals surface area contributed by atoms with Crippen LogP contribution in [0.3, 0.4) is 0 Å². The molecule has 0 heterocycles. The van der Waals surface area contributed by atoms with Gasteiger partial charge in [-0.05, 0) is 29.5 Å². The average molecular weight is 281 g/mol. The molecule has 0 fully saturated rings. The first kappa shape index (κ1) is 15.8. The van der Waals surface area contributed by atoms with Crippen molar-refractivity contribution >= 4 is 0 Å². The molecule has 0 radical (unpaired) electrons. The van der Waals surface area contributed by atoms with Gasteiger partial charge in [-0.25, -0.2) is 0 Å². The van der Waals surface area contributed by atoms with E-state index in [9.17, 15) is 0 Å². The Morgan fingerprint density at radius 2 is 1.48 bits per heavy atom. The first-order valence-corrected chi connectivity index (χ1v) is 8.18. The first-order chi connectivity index (χ1) is 10.3. The van der Waals surface area contributed by atoms with Gasteiger partial charge in [0.15, 0.2) is 0 Å². The molecule has 0 amide bonds. The topological polar surface area (TPSA) is 26.0 Å². The summed E-state index contributed by atoms with van der Waals surface area (Å²) in [5.74, 6) is 0. The van der Waals surface area contributed by atoms with Gasteiger partial charge in [0, 0.05) is 6.04 Å². The SMILES string of the molecule is CCCCCCC(N)c1ccc(Cc2ccccc2)cc1. The fourth-order valence-electron chi connectivity index (χ4n) is 2.67. The van der Waals surface area contributed by atoms with Gasteiger partial charge in [0.2, 0.25) is 0 Å². The summed E-state index contributed by atoms with van der Waals surface area (Å²) in [7, 11) is 0. The Hall–Kier alpha value is -1.60. The molecule has 1 unspecified atom stereocenters. The summed E-state index contributed by atoms with van der Waals surface area (Å²) in [5.41, 5.74) is 10.3. The van der Waals surface area contributed by atoms with Crippen LogP contribution in [0, 0.1) is 0 Å². The Kier molecular flexibility index (Phi) is 6.49. The monoisotopic (exact) mass is 281 g/mol. The highest BCUT2D eigenvalue weighted by Crippen LogP contribution is 2.19. The Morgan fingerprint density at radius 3 is 2.14 bits per heavy atom. The van der Waals surface area contributed by atoms with E-state index in [1.54, 1.807) is 0 Å². The lowest BCUT2D eigenvalue weighted by molar-refractivity contribution is 0.566. The van der Waals surface area contributed by atoms with Crippen LogP contribution in [-0.4, -0.2) is 0 Å². The highest BCUT2D eigenvalue weighted by Gasteiger charge is 2.05. The predicted octanol–water partition coefficient (Wildman–Crippen LogP) is 5.25. The molecule has 1 heteroatoms. The second-order valence-electron chi connectivity index (χ2n) is 5.86. The minimum atomic E-state index is 0.188. The number of hydrogen-bond donors (Lipinski definition) is 1. The summed E-state index contributed by atoms with van der Waals surface area (Å²) in [6.07, 6.45) is 7.23. The maximum Gasteiger partial charge on any atom is 0.0294 e. The third-order valence-electron chi connectivity index (χ3n) is 4.03. The van der Waals surface area contributed by atoms with E-state index in [0.717, 1.165) is 12.8 Å². The van der Waals surface area contributed by atoms with Crippen LogP contribution in [0.4, 0.5) is 0 Å². The van der Waals surface area contributed by atoms with Crippen LogP contribution in [0.1, 0.15) is 61.8 Å². The maximum atomic E-state index is 6.28. The predicted molar refractivity (Wildman–Crippen MR) is 91.4 cm³/mol. The minimum absolute atomic E-state index is 0.188. The zero-order valence-corrected chi connectivity index (χ0v) is 13.1. The van der Waals surface area contributed by atoms with Crippen molar-refractivity contribution in [3.05, 3.63) is 71.3 Å². The van der Waals surface area contributed by atoms with Crippen molar-refractivity contribution < 1.29 is 0 Å². The molecule has 0 spiro atoms. The lowest BCUT2D eigenvalue weighted by atomic mass is 9.98. The Labute approximate surface area is 129 Å². The molecule has 1 nitrogen and oxygen atoms in total. The van der Waals surface area contributed by atoms with E-state index < -0.39 is 0 Å². The molecule has 0 aliphatic rings. The van der Waals surface area contributed by atoms with Crippen LogP contribution in [0.15, 0.2) is 54.6 Å². The molecular formula is C20H27N. The zero-order chi connectivity index (χ0) is 14.9. The average Bonchev–Trinajstić information content (AvgIpc) is 2.53. The van der Waals surface area contributed by atoms with E-state index in [-0.39, 0.29) is 6.04 Å². The quantitative estimate of drug-likeness (QED) is 0.657. The Morgan fingerprint density at radius 1 is 0.810 bits per heavy atom. The molecule has 0 saturated heterocycles. The van der Waals surface area contributed by atoms with Crippen LogP contribution in [0.5, 0.6) is 0 Å². The largest absolute Gasteiger partial charge is 0.324 e. The summed E-state index contributed by atoms with van der Waals surface area (Å²) in [6, 6.07) is 19.6. The second kappa shape index (κ2) is 8.63. The van der Waals surface area contributed by atoms with Gasteiger partial charge in [-0.2, -0.15) is 0 Å². The van der Waals surface area contributed by atoms with E-state index >= 15 is 0 Å². The van der Waals surface area contributed by atoms with E-state index in [2.05, 4.69) is 61.5 Å². The summed E-state index contributed by atoms with van der Waals surface area (Å²) in [4.78, 5) is 0. The number of nitrogens with two attached hydrogens (primary N) is 1. The van der Waals surface area contributed by atoms with Gasteiger partial charge in [0.25, 0.3) is 0 Å². The van der Waals surface area contributed by atoms with Crippen molar-refractivity contribution in [3.8, 4) is 0 Å². The van der Waals surface area contributed by atoms with Crippen molar-refractivity contribution in [2.75, 3.05) is 0 Å². The summed E-state index contributed by atoms with van der Waals surface area (Å²) in [5, 5.41) is 0.